The van der Waals surface area contributed by atoms with Gasteiger partial charge in [0.25, 0.3) is 0 Å². The van der Waals surface area contributed by atoms with Crippen molar-refractivity contribution in [3.05, 3.63) is 53.6 Å². The number of amides is 2. The van der Waals surface area contributed by atoms with Gasteiger partial charge < -0.3 is 15.5 Å². The van der Waals surface area contributed by atoms with Crippen molar-refractivity contribution in [3.8, 4) is 0 Å². The summed E-state index contributed by atoms with van der Waals surface area (Å²) < 4.78 is 0. The fourth-order valence-corrected chi connectivity index (χ4v) is 2.85. The lowest BCUT2D eigenvalue weighted by Crippen LogP contribution is -2.41. The summed E-state index contributed by atoms with van der Waals surface area (Å²) in [6.45, 7) is 9.40. The maximum absolute atomic E-state index is 13.0. The first kappa shape index (κ1) is 21.5. The van der Waals surface area contributed by atoms with Gasteiger partial charge in [0.05, 0.1) is 0 Å². The van der Waals surface area contributed by atoms with Gasteiger partial charge >= 0.3 is 0 Å². The SMILES string of the molecule is Cc1cccc(C(C)C)c1NC(=O)C(C)(C)C(=O)Nc1ccc(N(C)C)cc1. The molecule has 0 aromatic heterocycles. The summed E-state index contributed by atoms with van der Waals surface area (Å²) in [6.07, 6.45) is 0. The predicted octanol–water partition coefficient (Wildman–Crippen LogP) is 4.79. The van der Waals surface area contributed by atoms with Crippen LogP contribution < -0.4 is 15.5 Å². The van der Waals surface area contributed by atoms with Crippen molar-refractivity contribution in [2.45, 2.75) is 40.5 Å². The van der Waals surface area contributed by atoms with E-state index in [2.05, 4.69) is 24.5 Å². The van der Waals surface area contributed by atoms with E-state index in [4.69, 9.17) is 0 Å². The van der Waals surface area contributed by atoms with E-state index < -0.39 is 5.41 Å². The summed E-state index contributed by atoms with van der Waals surface area (Å²) in [4.78, 5) is 27.7. The van der Waals surface area contributed by atoms with Gasteiger partial charge in [-0.05, 0) is 62.1 Å². The van der Waals surface area contributed by atoms with E-state index in [1.54, 1.807) is 13.8 Å². The maximum Gasteiger partial charge on any atom is 0.239 e. The van der Waals surface area contributed by atoms with Crippen LogP contribution in [0.15, 0.2) is 42.5 Å². The summed E-state index contributed by atoms with van der Waals surface area (Å²) in [5.74, 6) is -0.407. The van der Waals surface area contributed by atoms with Crippen LogP contribution in [0, 0.1) is 12.3 Å². The molecule has 0 spiro atoms. The number of carbonyl (C=O) groups excluding carboxylic acids is 2. The third kappa shape index (κ3) is 4.71. The molecule has 2 aromatic rings. The van der Waals surface area contributed by atoms with Crippen molar-refractivity contribution in [1.29, 1.82) is 0 Å². The number of benzene rings is 2. The molecule has 5 nitrogen and oxygen atoms in total. The Morgan fingerprint density at radius 3 is 2.04 bits per heavy atom. The van der Waals surface area contributed by atoms with Crippen molar-refractivity contribution in [3.63, 3.8) is 0 Å². The van der Waals surface area contributed by atoms with Gasteiger partial charge in [-0.15, -0.1) is 0 Å². The van der Waals surface area contributed by atoms with Crippen LogP contribution in [0.2, 0.25) is 0 Å². The van der Waals surface area contributed by atoms with Crippen LogP contribution in [0.5, 0.6) is 0 Å². The summed E-state index contributed by atoms with van der Waals surface area (Å²) in [5, 5.41) is 5.83. The van der Waals surface area contributed by atoms with Crippen molar-refractivity contribution < 1.29 is 9.59 Å². The number of para-hydroxylation sites is 1. The minimum Gasteiger partial charge on any atom is -0.378 e. The van der Waals surface area contributed by atoms with Gasteiger partial charge in [0.15, 0.2) is 0 Å². The molecule has 0 saturated carbocycles. The molecule has 0 radical (unpaired) electrons. The standard InChI is InChI=1S/C23H31N3O2/c1-15(2)19-10-8-9-16(3)20(19)25-22(28)23(4,5)21(27)24-17-11-13-18(14-12-17)26(6)7/h8-15H,1-7H3,(H,24,27)(H,25,28). The van der Waals surface area contributed by atoms with Crippen LogP contribution in [0.3, 0.4) is 0 Å². The second-order valence-electron chi connectivity index (χ2n) is 8.17. The van der Waals surface area contributed by atoms with Crippen molar-refractivity contribution >= 4 is 28.9 Å². The van der Waals surface area contributed by atoms with Gasteiger partial charge in [-0.2, -0.15) is 0 Å². The normalized spacial score (nSPS) is 11.3. The van der Waals surface area contributed by atoms with E-state index in [1.807, 2.05) is 68.4 Å². The highest BCUT2D eigenvalue weighted by Crippen LogP contribution is 2.30. The van der Waals surface area contributed by atoms with Gasteiger partial charge in [-0.25, -0.2) is 0 Å². The Bertz CT molecular complexity index is 853. The second-order valence-corrected chi connectivity index (χ2v) is 8.17. The number of rotatable bonds is 6. The Morgan fingerprint density at radius 2 is 1.50 bits per heavy atom. The fourth-order valence-electron chi connectivity index (χ4n) is 2.85. The molecule has 0 aliphatic carbocycles. The molecule has 0 aliphatic rings. The van der Waals surface area contributed by atoms with Gasteiger partial charge in [0.1, 0.15) is 5.41 Å². The zero-order chi connectivity index (χ0) is 21.1. The van der Waals surface area contributed by atoms with E-state index in [1.165, 1.54) is 0 Å². The summed E-state index contributed by atoms with van der Waals surface area (Å²) in [7, 11) is 3.91. The third-order valence-electron chi connectivity index (χ3n) is 4.94. The van der Waals surface area contributed by atoms with Gasteiger partial charge in [0.2, 0.25) is 11.8 Å². The molecule has 2 aromatic carbocycles. The van der Waals surface area contributed by atoms with Crippen molar-refractivity contribution in [1.82, 2.24) is 0 Å². The third-order valence-corrected chi connectivity index (χ3v) is 4.94. The van der Waals surface area contributed by atoms with Gasteiger partial charge in [-0.1, -0.05) is 32.0 Å². The monoisotopic (exact) mass is 381 g/mol. The first-order valence-corrected chi connectivity index (χ1v) is 9.54. The molecule has 2 rings (SSSR count). The fraction of sp³-hybridized carbons (Fsp3) is 0.391. The Labute approximate surface area is 168 Å². The molecule has 0 aliphatic heterocycles. The zero-order valence-corrected chi connectivity index (χ0v) is 17.9. The lowest BCUT2D eigenvalue weighted by Gasteiger charge is -2.25. The van der Waals surface area contributed by atoms with E-state index in [9.17, 15) is 9.59 Å². The molecule has 28 heavy (non-hydrogen) atoms. The smallest absolute Gasteiger partial charge is 0.239 e. The zero-order valence-electron chi connectivity index (χ0n) is 17.9. The Hall–Kier alpha value is -2.82. The second kappa shape index (κ2) is 8.46. The van der Waals surface area contributed by atoms with Crippen molar-refractivity contribution in [2.24, 2.45) is 5.41 Å². The van der Waals surface area contributed by atoms with Gasteiger partial charge in [0, 0.05) is 31.2 Å². The molecule has 0 unspecified atom stereocenters. The largest absolute Gasteiger partial charge is 0.378 e. The molecule has 2 amide bonds. The number of anilines is 3. The lowest BCUT2D eigenvalue weighted by atomic mass is 9.90. The average molecular weight is 382 g/mol. The first-order chi connectivity index (χ1) is 13.0. The Balaban J connectivity index is 2.17. The molecule has 150 valence electrons. The topological polar surface area (TPSA) is 61.4 Å². The minimum absolute atomic E-state index is 0.266. The van der Waals surface area contributed by atoms with Crippen LogP contribution in [0.25, 0.3) is 0 Å². The highest BCUT2D eigenvalue weighted by molar-refractivity contribution is 6.14. The molecule has 0 fully saturated rings. The van der Waals surface area contributed by atoms with Crippen LogP contribution in [0.4, 0.5) is 17.1 Å². The molecule has 0 saturated heterocycles. The molecular formula is C23H31N3O2. The predicted molar refractivity (Wildman–Crippen MR) is 117 cm³/mol. The Kier molecular flexibility index (Phi) is 6.49. The van der Waals surface area contributed by atoms with E-state index in [-0.39, 0.29) is 17.7 Å². The van der Waals surface area contributed by atoms with Crippen LogP contribution in [0.1, 0.15) is 44.7 Å². The molecule has 5 heteroatoms. The number of aryl methyl sites for hydroxylation is 1. The molecule has 0 atom stereocenters. The summed E-state index contributed by atoms with van der Waals surface area (Å²) in [5.41, 5.74) is 3.31. The quantitative estimate of drug-likeness (QED) is 0.708. The van der Waals surface area contributed by atoms with Crippen molar-refractivity contribution in [2.75, 3.05) is 29.6 Å². The highest BCUT2D eigenvalue weighted by Gasteiger charge is 2.36. The molecule has 2 N–H and O–H groups in total. The number of hydrogen-bond acceptors (Lipinski definition) is 3. The number of carbonyl (C=O) groups is 2. The van der Waals surface area contributed by atoms with E-state index >= 15 is 0 Å². The van der Waals surface area contributed by atoms with Crippen LogP contribution in [-0.4, -0.2) is 25.9 Å². The van der Waals surface area contributed by atoms with E-state index in [0.29, 0.717) is 5.69 Å². The first-order valence-electron chi connectivity index (χ1n) is 9.54. The van der Waals surface area contributed by atoms with Gasteiger partial charge in [-0.3, -0.25) is 9.59 Å². The lowest BCUT2D eigenvalue weighted by molar-refractivity contribution is -0.135. The van der Waals surface area contributed by atoms with Crippen LogP contribution in [-0.2, 0) is 9.59 Å². The van der Waals surface area contributed by atoms with Crippen LogP contribution >= 0.6 is 0 Å². The summed E-state index contributed by atoms with van der Waals surface area (Å²) >= 11 is 0. The van der Waals surface area contributed by atoms with E-state index in [0.717, 1.165) is 22.5 Å². The highest BCUT2D eigenvalue weighted by atomic mass is 16.2. The molecule has 0 heterocycles. The number of nitrogens with zero attached hydrogens (tertiary/aromatic N) is 1. The average Bonchev–Trinajstić information content (AvgIpc) is 2.63. The maximum atomic E-state index is 13.0. The Morgan fingerprint density at radius 1 is 0.929 bits per heavy atom. The number of hydrogen-bond donors (Lipinski definition) is 2. The molecular weight excluding hydrogens is 350 g/mol. The molecule has 0 bridgehead atoms. The minimum atomic E-state index is -1.23. The summed E-state index contributed by atoms with van der Waals surface area (Å²) in [6, 6.07) is 13.5. The number of nitrogens with one attached hydrogen (secondary N) is 2.